The molecule has 1 saturated heterocycles. The number of aryl methyl sites for hydroxylation is 1. The van der Waals surface area contributed by atoms with Crippen molar-refractivity contribution >= 4 is 18.3 Å². The highest BCUT2D eigenvalue weighted by atomic mass is 16.6. The van der Waals surface area contributed by atoms with Crippen molar-refractivity contribution in [1.29, 1.82) is 0 Å². The minimum absolute atomic E-state index is 0.226. The molecule has 0 bridgehead atoms. The van der Waals surface area contributed by atoms with Gasteiger partial charge in [0.05, 0.1) is 6.04 Å². The Kier molecular flexibility index (Phi) is 18.6. The molecule has 8 heteroatoms. The number of nitrogens with one attached hydrogen (secondary N) is 2. The number of amides is 2. The number of nitrogens with zero attached hydrogens (tertiary/aromatic N) is 1. The molecule has 1 aliphatic heterocycles. The van der Waals surface area contributed by atoms with Crippen molar-refractivity contribution in [2.24, 2.45) is 11.1 Å². The molecule has 1 aromatic rings. The highest BCUT2D eigenvalue weighted by Gasteiger charge is 2.42. The van der Waals surface area contributed by atoms with Crippen LogP contribution in [0.5, 0.6) is 0 Å². The van der Waals surface area contributed by atoms with Gasteiger partial charge in [-0.25, -0.2) is 4.79 Å². The summed E-state index contributed by atoms with van der Waals surface area (Å²) in [5.74, 6) is -0.312. The quantitative estimate of drug-likeness (QED) is 0.388. The molecule has 0 aromatic heterocycles. The van der Waals surface area contributed by atoms with Crippen LogP contribution < -0.4 is 16.4 Å². The van der Waals surface area contributed by atoms with Crippen LogP contribution >= 0.6 is 0 Å². The molecule has 0 spiro atoms. The predicted octanol–water partition coefficient (Wildman–Crippen LogP) is 5.77. The van der Waals surface area contributed by atoms with Gasteiger partial charge in [0.15, 0.2) is 0 Å². The van der Waals surface area contributed by atoms with E-state index in [-0.39, 0.29) is 11.9 Å². The third-order valence-electron chi connectivity index (χ3n) is 5.91. The third-order valence-corrected chi connectivity index (χ3v) is 5.91. The molecule has 2 amide bonds. The van der Waals surface area contributed by atoms with E-state index in [0.717, 1.165) is 12.7 Å². The zero-order valence-electron chi connectivity index (χ0n) is 27.0. The van der Waals surface area contributed by atoms with Crippen molar-refractivity contribution in [1.82, 2.24) is 15.5 Å². The average molecular weight is 551 g/mol. The van der Waals surface area contributed by atoms with Gasteiger partial charge in [0.1, 0.15) is 17.9 Å². The van der Waals surface area contributed by atoms with E-state index in [1.165, 1.54) is 16.0 Å². The van der Waals surface area contributed by atoms with Crippen molar-refractivity contribution < 1.29 is 19.1 Å². The van der Waals surface area contributed by atoms with E-state index >= 15 is 0 Å². The van der Waals surface area contributed by atoms with E-state index in [1.807, 2.05) is 55.5 Å². The predicted molar refractivity (Wildman–Crippen MR) is 163 cm³/mol. The van der Waals surface area contributed by atoms with Gasteiger partial charge in [0.25, 0.3) is 0 Å². The summed E-state index contributed by atoms with van der Waals surface area (Å²) in [5, 5.41) is 5.95. The normalized spacial score (nSPS) is 18.1. The summed E-state index contributed by atoms with van der Waals surface area (Å²) in [4.78, 5) is 37.5. The molecule has 8 nitrogen and oxygen atoms in total. The monoisotopic (exact) mass is 550 g/mol. The lowest BCUT2D eigenvalue weighted by Gasteiger charge is -2.35. The van der Waals surface area contributed by atoms with Crippen LogP contribution in [0.25, 0.3) is 0 Å². The molecule has 0 radical (unpaired) electrons. The molecule has 4 unspecified atom stereocenters. The number of nitrogens with two attached hydrogens (primary N) is 1. The zero-order chi connectivity index (χ0) is 31.0. The summed E-state index contributed by atoms with van der Waals surface area (Å²) in [6.45, 7) is 23.5. The van der Waals surface area contributed by atoms with Crippen LogP contribution in [0, 0.1) is 12.3 Å². The second-order valence-corrected chi connectivity index (χ2v) is 11.2. The number of benzene rings is 1. The fourth-order valence-electron chi connectivity index (χ4n) is 4.08. The van der Waals surface area contributed by atoms with Gasteiger partial charge in [-0.3, -0.25) is 4.79 Å². The maximum Gasteiger partial charge on any atom is 0.408 e. The van der Waals surface area contributed by atoms with Crippen LogP contribution in [0.1, 0.15) is 106 Å². The first-order chi connectivity index (χ1) is 18.1. The number of hydrogen-bond acceptors (Lipinski definition) is 6. The van der Waals surface area contributed by atoms with Gasteiger partial charge in [-0.1, -0.05) is 79.7 Å². The van der Waals surface area contributed by atoms with Gasteiger partial charge in [-0.05, 0) is 64.1 Å². The molecule has 1 aromatic carbocycles. The Balaban J connectivity index is 0. The van der Waals surface area contributed by atoms with Gasteiger partial charge in [0, 0.05) is 18.6 Å². The topological polar surface area (TPSA) is 114 Å². The maximum atomic E-state index is 12.8. The first-order valence-corrected chi connectivity index (χ1v) is 14.4. The van der Waals surface area contributed by atoms with Crippen LogP contribution in [-0.2, 0) is 14.3 Å². The number of aldehydes is 1. The number of alkyl carbamates (subject to hydrolysis) is 1. The Morgan fingerprint density at radius 2 is 1.64 bits per heavy atom. The largest absolute Gasteiger partial charge is 0.444 e. The molecule has 1 heterocycles. The van der Waals surface area contributed by atoms with E-state index in [2.05, 4.69) is 48.7 Å². The van der Waals surface area contributed by atoms with Crippen LogP contribution in [0.15, 0.2) is 24.3 Å². The summed E-state index contributed by atoms with van der Waals surface area (Å²) in [6.07, 6.45) is 1.66. The number of hydrogen-bond donors (Lipinski definition) is 3. The Hall–Kier alpha value is -2.45. The SMILES string of the molecule is CC.CC.CC(C)(C)OC(=O)NC(C(=O)N1CC(N)CC1C=O)C(C)(C)C.CCC(NC)c1ccccc1C. The second kappa shape index (κ2) is 18.8. The standard InChI is InChI=1S/C16H29N3O4.C11H17N.2C2H6/c1-15(2,3)12(18-14(22)23-16(4,5)6)13(21)19-8-10(17)7-11(19)9-20;1-4-11(12-3)10-8-6-5-7-9(10)2;2*1-2/h9-12H,7-8,17H2,1-6H3,(H,18,22);5-8,11-12H,4H2,1-3H3;2*1-2H3. The molecule has 39 heavy (non-hydrogen) atoms. The van der Waals surface area contributed by atoms with E-state index in [4.69, 9.17) is 10.5 Å². The molecular weight excluding hydrogens is 492 g/mol. The van der Waals surface area contributed by atoms with Gasteiger partial charge in [-0.2, -0.15) is 0 Å². The Labute approximate surface area is 238 Å². The Morgan fingerprint density at radius 3 is 2.05 bits per heavy atom. The minimum atomic E-state index is -0.801. The number of carbonyl (C=O) groups excluding carboxylic acids is 3. The lowest BCUT2D eigenvalue weighted by molar-refractivity contribution is -0.139. The summed E-state index contributed by atoms with van der Waals surface area (Å²) >= 11 is 0. The molecule has 0 aliphatic carbocycles. The van der Waals surface area contributed by atoms with Crippen LogP contribution in [0.3, 0.4) is 0 Å². The van der Waals surface area contributed by atoms with Crippen LogP contribution in [0.4, 0.5) is 4.79 Å². The van der Waals surface area contributed by atoms with Gasteiger partial charge in [0.2, 0.25) is 5.91 Å². The fraction of sp³-hybridized carbons (Fsp3) is 0.710. The smallest absolute Gasteiger partial charge is 0.408 e. The molecule has 1 aliphatic rings. The van der Waals surface area contributed by atoms with E-state index in [9.17, 15) is 14.4 Å². The van der Waals surface area contributed by atoms with Crippen molar-refractivity contribution in [2.45, 2.75) is 126 Å². The van der Waals surface area contributed by atoms with E-state index < -0.39 is 29.2 Å². The molecule has 2 rings (SSSR count). The van der Waals surface area contributed by atoms with Crippen molar-refractivity contribution in [3.8, 4) is 0 Å². The van der Waals surface area contributed by atoms with E-state index in [0.29, 0.717) is 19.0 Å². The summed E-state index contributed by atoms with van der Waals surface area (Å²) in [6, 6.07) is 7.48. The third kappa shape index (κ3) is 14.0. The second-order valence-electron chi connectivity index (χ2n) is 11.2. The lowest BCUT2D eigenvalue weighted by atomic mass is 9.85. The van der Waals surface area contributed by atoms with Gasteiger partial charge < -0.3 is 30.8 Å². The first-order valence-electron chi connectivity index (χ1n) is 14.4. The lowest BCUT2D eigenvalue weighted by Crippen LogP contribution is -2.56. The molecule has 1 fully saturated rings. The number of likely N-dealkylation sites (tertiary alicyclic amines) is 1. The molecule has 226 valence electrons. The summed E-state index contributed by atoms with van der Waals surface area (Å²) in [7, 11) is 2.01. The first kappa shape index (κ1) is 38.7. The number of rotatable bonds is 6. The Bertz CT molecular complexity index is 842. The molecule has 4 atom stereocenters. The van der Waals surface area contributed by atoms with Crippen LogP contribution in [0.2, 0.25) is 0 Å². The van der Waals surface area contributed by atoms with Gasteiger partial charge >= 0.3 is 6.09 Å². The zero-order valence-corrected chi connectivity index (χ0v) is 27.0. The highest BCUT2D eigenvalue weighted by molar-refractivity contribution is 5.88. The molecule has 0 saturated carbocycles. The Morgan fingerprint density at radius 1 is 1.10 bits per heavy atom. The number of ether oxygens (including phenoxy) is 1. The molecular formula is C31H58N4O4. The average Bonchev–Trinajstić information content (AvgIpc) is 3.26. The maximum absolute atomic E-state index is 12.8. The summed E-state index contributed by atoms with van der Waals surface area (Å²) in [5.41, 5.74) is 7.46. The van der Waals surface area contributed by atoms with Crippen LogP contribution in [-0.4, -0.2) is 60.5 Å². The van der Waals surface area contributed by atoms with Crippen molar-refractivity contribution in [3.63, 3.8) is 0 Å². The molecule has 4 N–H and O–H groups in total. The number of carbonyl (C=O) groups is 3. The highest BCUT2D eigenvalue weighted by Crippen LogP contribution is 2.25. The summed E-state index contributed by atoms with van der Waals surface area (Å²) < 4.78 is 5.24. The minimum Gasteiger partial charge on any atom is -0.444 e. The van der Waals surface area contributed by atoms with Crippen molar-refractivity contribution in [2.75, 3.05) is 13.6 Å². The fourth-order valence-corrected chi connectivity index (χ4v) is 4.08. The van der Waals surface area contributed by atoms with E-state index in [1.54, 1.807) is 20.8 Å². The van der Waals surface area contributed by atoms with Gasteiger partial charge in [-0.15, -0.1) is 0 Å². The van der Waals surface area contributed by atoms with Crippen molar-refractivity contribution in [3.05, 3.63) is 35.4 Å².